The van der Waals surface area contributed by atoms with Crippen LogP contribution in [0.15, 0.2) is 109 Å². The number of rotatable bonds is 11. The lowest BCUT2D eigenvalue weighted by atomic mass is 9.99. The van der Waals surface area contributed by atoms with E-state index < -0.39 is 17.9 Å². The molecule has 0 N–H and O–H groups in total. The van der Waals surface area contributed by atoms with Crippen LogP contribution in [0.5, 0.6) is 23.0 Å². The van der Waals surface area contributed by atoms with Crippen LogP contribution in [0.2, 0.25) is 0 Å². The van der Waals surface area contributed by atoms with Crippen molar-refractivity contribution < 1.29 is 38.1 Å². The van der Waals surface area contributed by atoms with E-state index in [4.69, 9.17) is 23.7 Å². The molecule has 222 valence electrons. The van der Waals surface area contributed by atoms with Gasteiger partial charge < -0.3 is 23.7 Å². The summed E-state index contributed by atoms with van der Waals surface area (Å²) in [7, 11) is 0. The Morgan fingerprint density at radius 3 is 1.51 bits per heavy atom. The Morgan fingerprint density at radius 1 is 0.628 bits per heavy atom. The normalized spacial score (nSPS) is 10.4. The summed E-state index contributed by atoms with van der Waals surface area (Å²) in [4.78, 5) is 44.3. The summed E-state index contributed by atoms with van der Waals surface area (Å²) in [6.45, 7) is 16.2. The molecule has 3 aromatic carbocycles. The lowest BCUT2D eigenvalue weighted by Gasteiger charge is -2.14. The fourth-order valence-electron chi connectivity index (χ4n) is 3.48. The molecule has 0 aliphatic rings. The van der Waals surface area contributed by atoms with Crippen molar-refractivity contribution in [3.05, 3.63) is 109 Å². The Morgan fingerprint density at radius 2 is 1.07 bits per heavy atom. The van der Waals surface area contributed by atoms with Crippen molar-refractivity contribution >= 4 is 24.7 Å². The van der Waals surface area contributed by atoms with Gasteiger partial charge in [0, 0.05) is 17.2 Å². The van der Waals surface area contributed by atoms with Gasteiger partial charge in [-0.15, -0.1) is 0 Å². The monoisotopic (exact) mass is 582 g/mol. The van der Waals surface area contributed by atoms with Crippen molar-refractivity contribution in [2.45, 2.75) is 27.7 Å². The standard InChI is InChI=1S/C34H32O7.CH2O/c1-7-9-19-38-30-20-26(15-17-28(30)40-33(36)22(3)4)24-11-13-25(14-12-24)27-16-18-29(41-34(37)23(5)6)31(21-27)39-32(35)10-8-2;1-2/h7-18,20-21H,3,5,19H2,1-2,4,6H3;1H2/b9-7+,10-8+;. The smallest absolute Gasteiger partial charge is 0.338 e. The van der Waals surface area contributed by atoms with Crippen molar-refractivity contribution in [3.63, 3.8) is 0 Å². The highest BCUT2D eigenvalue weighted by Crippen LogP contribution is 2.36. The molecule has 0 atom stereocenters. The van der Waals surface area contributed by atoms with Crippen LogP contribution >= 0.6 is 0 Å². The molecule has 0 bridgehead atoms. The van der Waals surface area contributed by atoms with Gasteiger partial charge in [-0.25, -0.2) is 14.4 Å². The molecule has 0 amide bonds. The predicted octanol–water partition coefficient (Wildman–Crippen LogP) is 7.24. The second-order valence-corrected chi connectivity index (χ2v) is 9.04. The summed E-state index contributed by atoms with van der Waals surface area (Å²) in [5, 5.41) is 0. The van der Waals surface area contributed by atoms with Crippen LogP contribution in [0.3, 0.4) is 0 Å². The lowest BCUT2D eigenvalue weighted by Crippen LogP contribution is -2.11. The number of carbonyl (C=O) groups is 4. The summed E-state index contributed by atoms with van der Waals surface area (Å²) >= 11 is 0. The van der Waals surface area contributed by atoms with Crippen molar-refractivity contribution in [2.75, 3.05) is 6.61 Å². The molecule has 0 aliphatic heterocycles. The molecule has 0 aromatic heterocycles. The minimum atomic E-state index is -0.625. The van der Waals surface area contributed by atoms with Gasteiger partial charge >= 0.3 is 17.9 Å². The third-order valence-electron chi connectivity index (χ3n) is 5.63. The van der Waals surface area contributed by atoms with E-state index in [0.29, 0.717) is 18.1 Å². The van der Waals surface area contributed by atoms with E-state index in [0.717, 1.165) is 22.3 Å². The van der Waals surface area contributed by atoms with Gasteiger partial charge in [0.1, 0.15) is 13.4 Å². The highest BCUT2D eigenvalue weighted by molar-refractivity contribution is 5.90. The molecule has 3 aromatic rings. The fourth-order valence-corrected chi connectivity index (χ4v) is 3.48. The fraction of sp³-hybridized carbons (Fsp3) is 0.143. The molecular formula is C35H34O8. The number of esters is 3. The zero-order valence-corrected chi connectivity index (χ0v) is 24.7. The van der Waals surface area contributed by atoms with Gasteiger partial charge in [-0.1, -0.05) is 67.8 Å². The highest BCUT2D eigenvalue weighted by atomic mass is 16.6. The number of hydrogen-bond donors (Lipinski definition) is 0. The van der Waals surface area contributed by atoms with Crippen molar-refractivity contribution in [3.8, 4) is 45.3 Å². The number of benzene rings is 3. The van der Waals surface area contributed by atoms with Crippen molar-refractivity contribution in [1.82, 2.24) is 0 Å². The summed E-state index contributed by atoms with van der Waals surface area (Å²) in [5.74, 6) is -0.824. The van der Waals surface area contributed by atoms with E-state index in [1.165, 1.54) is 13.0 Å². The maximum atomic E-state index is 12.1. The van der Waals surface area contributed by atoms with E-state index in [1.54, 1.807) is 44.2 Å². The third-order valence-corrected chi connectivity index (χ3v) is 5.63. The first-order chi connectivity index (χ1) is 20.6. The molecule has 3 rings (SSSR count). The quantitative estimate of drug-likeness (QED) is 0.101. The van der Waals surface area contributed by atoms with E-state index in [2.05, 4.69) is 13.2 Å². The zero-order valence-electron chi connectivity index (χ0n) is 24.7. The van der Waals surface area contributed by atoms with E-state index in [-0.39, 0.29) is 22.6 Å². The number of allylic oxidation sites excluding steroid dienone is 2. The van der Waals surface area contributed by atoms with Gasteiger partial charge in [0.25, 0.3) is 0 Å². The Kier molecular flexibility index (Phi) is 13.1. The van der Waals surface area contributed by atoms with Crippen LogP contribution in [0.4, 0.5) is 0 Å². The van der Waals surface area contributed by atoms with Crippen LogP contribution in [-0.2, 0) is 19.2 Å². The predicted molar refractivity (Wildman–Crippen MR) is 166 cm³/mol. The van der Waals surface area contributed by atoms with Gasteiger partial charge in [-0.05, 0) is 74.2 Å². The van der Waals surface area contributed by atoms with Crippen LogP contribution in [0.1, 0.15) is 27.7 Å². The van der Waals surface area contributed by atoms with Crippen LogP contribution < -0.4 is 18.9 Å². The molecule has 8 heteroatoms. The number of hydrogen-bond acceptors (Lipinski definition) is 8. The molecule has 0 radical (unpaired) electrons. The van der Waals surface area contributed by atoms with Gasteiger partial charge in [0.05, 0.1) is 0 Å². The summed E-state index contributed by atoms with van der Waals surface area (Å²) < 4.78 is 22.1. The van der Waals surface area contributed by atoms with E-state index in [1.807, 2.05) is 62.3 Å². The average Bonchev–Trinajstić information content (AvgIpc) is 3.00. The average molecular weight is 583 g/mol. The second kappa shape index (κ2) is 16.7. The van der Waals surface area contributed by atoms with Crippen LogP contribution in [-0.4, -0.2) is 31.3 Å². The molecule has 0 heterocycles. The lowest BCUT2D eigenvalue weighted by molar-refractivity contribution is -0.132. The topological polar surface area (TPSA) is 105 Å². The van der Waals surface area contributed by atoms with Gasteiger partial charge in [-0.3, -0.25) is 0 Å². The first-order valence-electron chi connectivity index (χ1n) is 13.1. The highest BCUT2D eigenvalue weighted by Gasteiger charge is 2.16. The first-order valence-corrected chi connectivity index (χ1v) is 13.1. The summed E-state index contributed by atoms with van der Waals surface area (Å²) in [6, 6.07) is 18.0. The zero-order chi connectivity index (χ0) is 31.9. The summed E-state index contributed by atoms with van der Waals surface area (Å²) in [5.41, 5.74) is 3.83. The van der Waals surface area contributed by atoms with Crippen LogP contribution in [0.25, 0.3) is 22.3 Å². The summed E-state index contributed by atoms with van der Waals surface area (Å²) in [6.07, 6.45) is 6.54. The maximum Gasteiger partial charge on any atom is 0.338 e. The molecule has 8 nitrogen and oxygen atoms in total. The molecule has 0 unspecified atom stereocenters. The number of carbonyl (C=O) groups excluding carboxylic acids is 4. The molecule has 0 saturated heterocycles. The van der Waals surface area contributed by atoms with Crippen molar-refractivity contribution in [1.29, 1.82) is 0 Å². The molecule has 43 heavy (non-hydrogen) atoms. The van der Waals surface area contributed by atoms with Gasteiger partial charge in [0.15, 0.2) is 23.0 Å². The van der Waals surface area contributed by atoms with Gasteiger partial charge in [0.2, 0.25) is 0 Å². The molecule has 0 spiro atoms. The Labute approximate surface area is 251 Å². The van der Waals surface area contributed by atoms with Crippen LogP contribution in [0, 0.1) is 0 Å². The Hall–Kier alpha value is -5.50. The molecule has 0 aliphatic carbocycles. The van der Waals surface area contributed by atoms with Gasteiger partial charge in [-0.2, -0.15) is 0 Å². The Bertz CT molecular complexity index is 1540. The first kappa shape index (κ1) is 33.7. The van der Waals surface area contributed by atoms with Crippen molar-refractivity contribution in [2.24, 2.45) is 0 Å². The largest absolute Gasteiger partial charge is 0.486 e. The Balaban J connectivity index is 0.00000316. The molecule has 0 fully saturated rings. The molecular weight excluding hydrogens is 548 g/mol. The van der Waals surface area contributed by atoms with E-state index in [9.17, 15) is 14.4 Å². The van der Waals surface area contributed by atoms with E-state index >= 15 is 0 Å². The number of ether oxygens (including phenoxy) is 4. The molecule has 0 saturated carbocycles. The maximum absolute atomic E-state index is 12.1. The SMILES string of the molecule is C=C(C)C(=O)Oc1ccc(-c2ccc(-c3ccc(OC(=O)C(=C)C)c(OC(=O)/C=C/C)c3)cc2)cc1OC/C=C/C.C=O. The second-order valence-electron chi connectivity index (χ2n) is 9.04. The minimum absolute atomic E-state index is 0.104. The third kappa shape index (κ3) is 9.82. The minimum Gasteiger partial charge on any atom is -0.486 e.